The maximum absolute atomic E-state index is 7.94. The third-order valence-corrected chi connectivity index (χ3v) is 1.24. The first-order valence-electron chi connectivity index (χ1n) is 1.16. The largest absolute Gasteiger partial charge is 0.397 e. The molecule has 32 valence electrons. The van der Waals surface area contributed by atoms with Gasteiger partial charge in [-0.2, -0.15) is 0 Å². The second-order valence-corrected chi connectivity index (χ2v) is 5.55. The molecule has 0 bridgehead atoms. The first kappa shape index (κ1) is 5.76. The Labute approximate surface area is 41.5 Å². The molecule has 0 radical (unpaired) electrons. The van der Waals surface area contributed by atoms with Gasteiger partial charge in [0.15, 0.2) is 0 Å². The minimum Gasteiger partial charge on any atom is -0.397 e. The van der Waals surface area contributed by atoms with Crippen molar-refractivity contribution in [2.75, 3.05) is 6.23 Å². The highest BCUT2D eigenvalue weighted by atomic mass is 35.7. The van der Waals surface area contributed by atoms with E-state index >= 15 is 0 Å². The standard InChI is InChI=1S/CH4Cl2OSi/c2-5(3)1-4/h4-5H,1H2. The summed E-state index contributed by atoms with van der Waals surface area (Å²) in [6.07, 6.45) is -0.0247. The van der Waals surface area contributed by atoms with E-state index in [-0.39, 0.29) is 6.23 Å². The van der Waals surface area contributed by atoms with Gasteiger partial charge < -0.3 is 5.11 Å². The number of aliphatic hydroxyl groups excluding tert-OH is 1. The fourth-order valence-corrected chi connectivity index (χ4v) is 0. The molecular weight excluding hydrogens is 127 g/mol. The van der Waals surface area contributed by atoms with E-state index in [2.05, 4.69) is 0 Å². The summed E-state index contributed by atoms with van der Waals surface area (Å²) in [4.78, 5) is 0. The zero-order valence-electron chi connectivity index (χ0n) is 2.49. The molecule has 0 aromatic carbocycles. The maximum Gasteiger partial charge on any atom is 0.261 e. The third kappa shape index (κ3) is 4.76. The average Bonchev–Trinajstić information content (AvgIpc) is 1.38. The SMILES string of the molecule is OC[SiH](Cl)Cl. The van der Waals surface area contributed by atoms with Crippen molar-refractivity contribution in [3.8, 4) is 0 Å². The summed E-state index contributed by atoms with van der Waals surface area (Å²) in [6, 6.07) is 0. The van der Waals surface area contributed by atoms with E-state index in [9.17, 15) is 0 Å². The molecule has 0 aliphatic heterocycles. The molecule has 0 rings (SSSR count). The maximum atomic E-state index is 7.94. The molecule has 0 unspecified atom stereocenters. The van der Waals surface area contributed by atoms with Gasteiger partial charge in [0.2, 0.25) is 0 Å². The Hall–Kier alpha value is 0.757. The van der Waals surface area contributed by atoms with Gasteiger partial charge >= 0.3 is 0 Å². The number of halogens is 2. The highest BCUT2D eigenvalue weighted by Gasteiger charge is 1.93. The van der Waals surface area contributed by atoms with E-state index in [0.717, 1.165) is 0 Å². The molecule has 5 heavy (non-hydrogen) atoms. The zero-order valence-corrected chi connectivity index (χ0v) is 5.15. The van der Waals surface area contributed by atoms with E-state index in [1.54, 1.807) is 0 Å². The Morgan fingerprint density at radius 3 is 1.80 bits per heavy atom. The molecule has 4 heteroatoms. The summed E-state index contributed by atoms with van der Waals surface area (Å²) in [5.74, 6) is 0. The van der Waals surface area contributed by atoms with E-state index in [4.69, 9.17) is 27.3 Å². The molecule has 0 aromatic rings. The van der Waals surface area contributed by atoms with Crippen LogP contribution in [-0.4, -0.2) is 18.8 Å². The van der Waals surface area contributed by atoms with Crippen molar-refractivity contribution in [2.45, 2.75) is 0 Å². The first-order valence-corrected chi connectivity index (χ1v) is 5.47. The molecule has 1 nitrogen and oxygen atoms in total. The van der Waals surface area contributed by atoms with Crippen LogP contribution in [0.5, 0.6) is 0 Å². The zero-order chi connectivity index (χ0) is 4.28. The average molecular weight is 131 g/mol. The lowest BCUT2D eigenvalue weighted by molar-refractivity contribution is 0.367. The Morgan fingerprint density at radius 2 is 1.80 bits per heavy atom. The molecule has 0 aliphatic carbocycles. The van der Waals surface area contributed by atoms with Crippen LogP contribution < -0.4 is 0 Å². The molecule has 0 fully saturated rings. The van der Waals surface area contributed by atoms with Crippen molar-refractivity contribution >= 4 is 29.6 Å². The van der Waals surface area contributed by atoms with Crippen molar-refractivity contribution in [2.24, 2.45) is 0 Å². The minimum atomic E-state index is -1.65. The fourth-order valence-electron chi connectivity index (χ4n) is 0. The molecule has 0 saturated heterocycles. The predicted octanol–water partition coefficient (Wildman–Crippen LogP) is 0.216. The van der Waals surface area contributed by atoms with E-state index in [0.29, 0.717) is 0 Å². The molecule has 0 aromatic heterocycles. The molecule has 0 saturated carbocycles. The van der Waals surface area contributed by atoms with Gasteiger partial charge in [0, 0.05) is 0 Å². The fraction of sp³-hybridized carbons (Fsp3) is 1.00. The van der Waals surface area contributed by atoms with Crippen molar-refractivity contribution in [3.05, 3.63) is 0 Å². The molecular formula is CH4Cl2OSi. The van der Waals surface area contributed by atoms with Crippen LogP contribution in [0.15, 0.2) is 0 Å². The van der Waals surface area contributed by atoms with Gasteiger partial charge in [-0.25, -0.2) is 0 Å². The molecule has 0 amide bonds. The van der Waals surface area contributed by atoms with Gasteiger partial charge in [-0.05, 0) is 0 Å². The van der Waals surface area contributed by atoms with Gasteiger partial charge in [0.05, 0.1) is 6.23 Å². The summed E-state index contributed by atoms with van der Waals surface area (Å²) < 4.78 is 0. The highest BCUT2D eigenvalue weighted by Crippen LogP contribution is 1.89. The topological polar surface area (TPSA) is 20.2 Å². The van der Waals surface area contributed by atoms with Crippen LogP contribution in [0.1, 0.15) is 0 Å². The smallest absolute Gasteiger partial charge is 0.261 e. The van der Waals surface area contributed by atoms with Gasteiger partial charge in [-0.15, -0.1) is 22.2 Å². The third-order valence-electron chi connectivity index (χ3n) is 0.138. The minimum absolute atomic E-state index is 0.0247. The Kier molecular flexibility index (Phi) is 3.42. The van der Waals surface area contributed by atoms with Gasteiger partial charge in [-0.3, -0.25) is 0 Å². The molecule has 0 aliphatic rings. The van der Waals surface area contributed by atoms with Crippen LogP contribution in [0.3, 0.4) is 0 Å². The lowest BCUT2D eigenvalue weighted by Gasteiger charge is -1.81. The van der Waals surface area contributed by atoms with Crippen molar-refractivity contribution in [1.29, 1.82) is 0 Å². The quantitative estimate of drug-likeness (QED) is 0.398. The normalized spacial score (nSPS) is 9.60. The molecule has 0 heterocycles. The van der Waals surface area contributed by atoms with Crippen LogP contribution in [-0.2, 0) is 0 Å². The van der Waals surface area contributed by atoms with Gasteiger partial charge in [-0.1, -0.05) is 0 Å². The van der Waals surface area contributed by atoms with Gasteiger partial charge in [0.25, 0.3) is 7.42 Å². The van der Waals surface area contributed by atoms with E-state index < -0.39 is 7.42 Å². The van der Waals surface area contributed by atoms with Crippen molar-refractivity contribution in [1.82, 2.24) is 0 Å². The summed E-state index contributed by atoms with van der Waals surface area (Å²) >= 11 is 10.2. The summed E-state index contributed by atoms with van der Waals surface area (Å²) in [5, 5.41) is 7.94. The summed E-state index contributed by atoms with van der Waals surface area (Å²) in [6.45, 7) is 0. The Morgan fingerprint density at radius 1 is 1.60 bits per heavy atom. The van der Waals surface area contributed by atoms with Crippen LogP contribution in [0, 0.1) is 0 Å². The van der Waals surface area contributed by atoms with Crippen LogP contribution in [0.4, 0.5) is 0 Å². The molecule has 0 atom stereocenters. The van der Waals surface area contributed by atoms with Crippen molar-refractivity contribution < 1.29 is 5.11 Å². The second-order valence-electron chi connectivity index (χ2n) is 0.574. The number of hydrogen-bond donors (Lipinski definition) is 1. The number of hydrogen-bond acceptors (Lipinski definition) is 1. The lowest BCUT2D eigenvalue weighted by Crippen LogP contribution is -1.98. The van der Waals surface area contributed by atoms with Crippen molar-refractivity contribution in [3.63, 3.8) is 0 Å². The molecule has 1 N–H and O–H groups in total. The monoisotopic (exact) mass is 130 g/mol. The number of rotatable bonds is 1. The Balaban J connectivity index is 2.54. The van der Waals surface area contributed by atoms with Crippen LogP contribution >= 0.6 is 22.2 Å². The van der Waals surface area contributed by atoms with Crippen LogP contribution in [0.2, 0.25) is 0 Å². The second kappa shape index (κ2) is 2.97. The van der Waals surface area contributed by atoms with E-state index in [1.807, 2.05) is 0 Å². The number of aliphatic hydroxyl groups is 1. The highest BCUT2D eigenvalue weighted by molar-refractivity contribution is 7.33. The lowest BCUT2D eigenvalue weighted by atomic mass is 11.7. The summed E-state index contributed by atoms with van der Waals surface area (Å²) in [7, 11) is -1.65. The van der Waals surface area contributed by atoms with E-state index in [1.165, 1.54) is 0 Å². The predicted molar refractivity (Wildman–Crippen MR) is 25.9 cm³/mol. The van der Waals surface area contributed by atoms with Gasteiger partial charge in [0.1, 0.15) is 0 Å². The first-order chi connectivity index (χ1) is 2.27. The summed E-state index contributed by atoms with van der Waals surface area (Å²) in [5.41, 5.74) is 0. The van der Waals surface area contributed by atoms with Crippen LogP contribution in [0.25, 0.3) is 0 Å². The molecule has 0 spiro atoms. The Bertz CT molecular complexity index is 23.6.